The van der Waals surface area contributed by atoms with Crippen molar-refractivity contribution in [3.8, 4) is 5.75 Å². The minimum absolute atomic E-state index is 0.243. The van der Waals surface area contributed by atoms with E-state index in [-0.39, 0.29) is 11.8 Å². The van der Waals surface area contributed by atoms with Crippen molar-refractivity contribution in [2.75, 3.05) is 40.8 Å². The summed E-state index contributed by atoms with van der Waals surface area (Å²) in [6, 6.07) is 9.24. The van der Waals surface area contributed by atoms with Crippen LogP contribution < -0.4 is 15.4 Å². The fraction of sp³-hybridized carbons (Fsp3) is 0.350. The Morgan fingerprint density at radius 2 is 1.67 bits per heavy atom. The number of para-hydroxylation sites is 1. The number of carbonyl (C=O) groups excluding carboxylic acids is 2. The monoisotopic (exact) mass is 370 g/mol. The zero-order chi connectivity index (χ0) is 19.6. The smallest absolute Gasteiger partial charge is 0.252 e. The highest BCUT2D eigenvalue weighted by Gasteiger charge is 2.11. The Kier molecular flexibility index (Phi) is 7.76. The van der Waals surface area contributed by atoms with Crippen LogP contribution in [0.5, 0.6) is 5.75 Å². The summed E-state index contributed by atoms with van der Waals surface area (Å²) in [5, 5.41) is 5.66. The first-order valence-electron chi connectivity index (χ1n) is 8.79. The van der Waals surface area contributed by atoms with E-state index in [0.29, 0.717) is 30.6 Å². The highest BCUT2D eigenvalue weighted by Crippen LogP contribution is 2.17. The second-order valence-corrected chi connectivity index (χ2v) is 6.34. The molecule has 0 fully saturated rings. The number of aromatic nitrogens is 1. The molecule has 2 aromatic rings. The number of nitrogens with zero attached hydrogens (tertiary/aromatic N) is 2. The number of hydrogen-bond donors (Lipinski definition) is 2. The van der Waals surface area contributed by atoms with Crippen LogP contribution in [0.1, 0.15) is 26.3 Å². The van der Waals surface area contributed by atoms with E-state index in [1.54, 1.807) is 13.2 Å². The van der Waals surface area contributed by atoms with E-state index in [4.69, 9.17) is 4.74 Å². The van der Waals surface area contributed by atoms with Crippen LogP contribution in [0.4, 0.5) is 0 Å². The normalized spacial score (nSPS) is 10.5. The zero-order valence-corrected chi connectivity index (χ0v) is 16.0. The summed E-state index contributed by atoms with van der Waals surface area (Å²) in [5.74, 6) is 0.290. The van der Waals surface area contributed by atoms with Crippen molar-refractivity contribution in [2.24, 2.45) is 0 Å². The number of amides is 2. The molecule has 1 aromatic carbocycles. The van der Waals surface area contributed by atoms with Crippen molar-refractivity contribution >= 4 is 11.8 Å². The van der Waals surface area contributed by atoms with Gasteiger partial charge in [-0.25, -0.2) is 0 Å². The number of rotatable bonds is 9. The van der Waals surface area contributed by atoms with E-state index >= 15 is 0 Å². The van der Waals surface area contributed by atoms with E-state index in [2.05, 4.69) is 15.6 Å². The minimum atomic E-state index is -0.264. The van der Waals surface area contributed by atoms with Gasteiger partial charge in [0.15, 0.2) is 0 Å². The lowest BCUT2D eigenvalue weighted by Gasteiger charge is -2.11. The Labute approximate surface area is 159 Å². The minimum Gasteiger partial charge on any atom is -0.496 e. The Balaban J connectivity index is 1.90. The molecule has 144 valence electrons. The average Bonchev–Trinajstić information content (AvgIpc) is 2.68. The van der Waals surface area contributed by atoms with Gasteiger partial charge in [0, 0.05) is 32.0 Å². The SMILES string of the molecule is COc1ccccc1CCNC(=O)c1cncc(C(=O)NCCN(C)C)c1. The Morgan fingerprint density at radius 3 is 2.30 bits per heavy atom. The number of likely N-dealkylation sites (N-methyl/N-ethyl adjacent to an activating group) is 1. The van der Waals surface area contributed by atoms with Crippen LogP contribution in [0.3, 0.4) is 0 Å². The highest BCUT2D eigenvalue weighted by atomic mass is 16.5. The van der Waals surface area contributed by atoms with Gasteiger partial charge in [0.1, 0.15) is 5.75 Å². The first kappa shape index (κ1) is 20.4. The summed E-state index contributed by atoms with van der Waals surface area (Å²) in [6.45, 7) is 1.72. The lowest BCUT2D eigenvalue weighted by molar-refractivity contribution is 0.0950. The third-order valence-corrected chi connectivity index (χ3v) is 3.98. The van der Waals surface area contributed by atoms with Crippen molar-refractivity contribution in [1.82, 2.24) is 20.5 Å². The molecule has 2 rings (SSSR count). The van der Waals surface area contributed by atoms with Crippen LogP contribution in [-0.4, -0.2) is 62.5 Å². The summed E-state index contributed by atoms with van der Waals surface area (Å²) in [5.41, 5.74) is 1.74. The van der Waals surface area contributed by atoms with Crippen molar-refractivity contribution in [2.45, 2.75) is 6.42 Å². The third-order valence-electron chi connectivity index (χ3n) is 3.98. The number of pyridine rings is 1. The van der Waals surface area contributed by atoms with Crippen LogP contribution in [0, 0.1) is 0 Å². The van der Waals surface area contributed by atoms with Gasteiger partial charge in [-0.1, -0.05) is 18.2 Å². The molecule has 0 saturated heterocycles. The fourth-order valence-electron chi connectivity index (χ4n) is 2.51. The summed E-state index contributed by atoms with van der Waals surface area (Å²) in [6.07, 6.45) is 3.56. The van der Waals surface area contributed by atoms with E-state index < -0.39 is 0 Å². The molecule has 0 bridgehead atoms. The standard InChI is InChI=1S/C20H26N4O3/c1-24(2)11-10-23-20(26)17-12-16(13-21-14-17)19(25)22-9-8-15-6-4-5-7-18(15)27-3/h4-7,12-14H,8-11H2,1-3H3,(H,22,25)(H,23,26). The number of benzene rings is 1. The summed E-state index contributed by atoms with van der Waals surface area (Å²) in [7, 11) is 5.49. The largest absolute Gasteiger partial charge is 0.496 e. The Morgan fingerprint density at radius 1 is 1.04 bits per heavy atom. The summed E-state index contributed by atoms with van der Waals surface area (Å²) < 4.78 is 5.31. The number of methoxy groups -OCH3 is 1. The predicted octanol–water partition coefficient (Wildman–Crippen LogP) is 1.35. The molecule has 0 aliphatic heterocycles. The van der Waals surface area contributed by atoms with Crippen molar-refractivity contribution in [3.63, 3.8) is 0 Å². The summed E-state index contributed by atoms with van der Waals surface area (Å²) in [4.78, 5) is 30.5. The molecule has 7 heteroatoms. The van der Waals surface area contributed by atoms with E-state index in [0.717, 1.165) is 17.9 Å². The van der Waals surface area contributed by atoms with E-state index in [1.807, 2.05) is 43.3 Å². The highest BCUT2D eigenvalue weighted by molar-refractivity contribution is 5.99. The number of nitrogens with one attached hydrogen (secondary N) is 2. The molecule has 1 aromatic heterocycles. The molecule has 0 unspecified atom stereocenters. The average molecular weight is 370 g/mol. The van der Waals surface area contributed by atoms with Crippen LogP contribution in [0.25, 0.3) is 0 Å². The van der Waals surface area contributed by atoms with Crippen LogP contribution in [-0.2, 0) is 6.42 Å². The Hall–Kier alpha value is -2.93. The maximum atomic E-state index is 12.3. The van der Waals surface area contributed by atoms with Gasteiger partial charge in [0.05, 0.1) is 18.2 Å². The lowest BCUT2D eigenvalue weighted by atomic mass is 10.1. The molecule has 7 nitrogen and oxygen atoms in total. The third kappa shape index (κ3) is 6.38. The topological polar surface area (TPSA) is 83.6 Å². The van der Waals surface area contributed by atoms with Crippen molar-refractivity contribution in [1.29, 1.82) is 0 Å². The van der Waals surface area contributed by atoms with Gasteiger partial charge >= 0.3 is 0 Å². The van der Waals surface area contributed by atoms with Gasteiger partial charge in [-0.2, -0.15) is 0 Å². The summed E-state index contributed by atoms with van der Waals surface area (Å²) >= 11 is 0. The lowest BCUT2D eigenvalue weighted by Crippen LogP contribution is -2.31. The fourth-order valence-corrected chi connectivity index (χ4v) is 2.51. The molecule has 0 spiro atoms. The number of carbonyl (C=O) groups is 2. The van der Waals surface area contributed by atoms with Gasteiger partial charge in [-0.3, -0.25) is 14.6 Å². The second-order valence-electron chi connectivity index (χ2n) is 6.34. The van der Waals surface area contributed by atoms with E-state index in [1.165, 1.54) is 12.4 Å². The van der Waals surface area contributed by atoms with Crippen LogP contribution >= 0.6 is 0 Å². The van der Waals surface area contributed by atoms with Crippen molar-refractivity contribution in [3.05, 3.63) is 59.4 Å². The van der Waals surface area contributed by atoms with Gasteiger partial charge in [-0.15, -0.1) is 0 Å². The molecule has 0 aliphatic carbocycles. The number of ether oxygens (including phenoxy) is 1. The first-order chi connectivity index (χ1) is 13.0. The molecule has 0 saturated carbocycles. The molecular formula is C20H26N4O3. The maximum absolute atomic E-state index is 12.3. The molecule has 0 radical (unpaired) electrons. The second kappa shape index (κ2) is 10.3. The molecule has 0 atom stereocenters. The van der Waals surface area contributed by atoms with Gasteiger partial charge in [-0.05, 0) is 38.2 Å². The quantitative estimate of drug-likeness (QED) is 0.696. The van der Waals surface area contributed by atoms with Gasteiger partial charge in [0.2, 0.25) is 0 Å². The van der Waals surface area contributed by atoms with Gasteiger partial charge < -0.3 is 20.3 Å². The number of hydrogen-bond acceptors (Lipinski definition) is 5. The Bertz CT molecular complexity index is 777. The zero-order valence-electron chi connectivity index (χ0n) is 16.0. The van der Waals surface area contributed by atoms with Crippen LogP contribution in [0.2, 0.25) is 0 Å². The van der Waals surface area contributed by atoms with E-state index in [9.17, 15) is 9.59 Å². The molecule has 2 N–H and O–H groups in total. The molecular weight excluding hydrogens is 344 g/mol. The van der Waals surface area contributed by atoms with Crippen LogP contribution in [0.15, 0.2) is 42.7 Å². The molecule has 27 heavy (non-hydrogen) atoms. The molecule has 2 amide bonds. The van der Waals surface area contributed by atoms with Crippen molar-refractivity contribution < 1.29 is 14.3 Å². The molecule has 1 heterocycles. The first-order valence-corrected chi connectivity index (χ1v) is 8.79. The van der Waals surface area contributed by atoms with Gasteiger partial charge in [0.25, 0.3) is 11.8 Å². The predicted molar refractivity (Wildman–Crippen MR) is 104 cm³/mol. The maximum Gasteiger partial charge on any atom is 0.252 e. The molecule has 0 aliphatic rings.